The first-order valence-electron chi connectivity index (χ1n) is 3.54. The van der Waals surface area contributed by atoms with Crippen LogP contribution in [0.1, 0.15) is 13.8 Å². The number of allylic oxidation sites excluding steroid dienone is 7. The molecule has 0 radical (unpaired) electrons. The highest BCUT2D eigenvalue weighted by molar-refractivity contribution is 5.49. The van der Waals surface area contributed by atoms with Crippen LogP contribution in [0.2, 0.25) is 0 Å². The zero-order chi connectivity index (χ0) is 8.43. The van der Waals surface area contributed by atoms with Gasteiger partial charge < -0.3 is 0 Å². The van der Waals surface area contributed by atoms with E-state index in [4.69, 9.17) is 0 Å². The fourth-order valence-electron chi connectivity index (χ4n) is 0.920. The van der Waals surface area contributed by atoms with Crippen LogP contribution in [0.4, 0.5) is 4.39 Å². The second-order valence-corrected chi connectivity index (χ2v) is 2.66. The van der Waals surface area contributed by atoms with Gasteiger partial charge in [0, 0.05) is 5.57 Å². The maximum Gasteiger partial charge on any atom is 0.130 e. The number of rotatable bonds is 0. The van der Waals surface area contributed by atoms with Crippen LogP contribution in [0.25, 0.3) is 0 Å². The summed E-state index contributed by atoms with van der Waals surface area (Å²) in [5.74, 6) is -0.240. The van der Waals surface area contributed by atoms with Crippen LogP contribution in [0.5, 0.6) is 0 Å². The minimum Gasteiger partial charge on any atom is -0.206 e. The first kappa shape index (κ1) is 7.99. The minimum atomic E-state index is -0.240. The molecule has 0 aliphatic heterocycles. The van der Waals surface area contributed by atoms with E-state index >= 15 is 0 Å². The smallest absolute Gasteiger partial charge is 0.130 e. The van der Waals surface area contributed by atoms with Gasteiger partial charge in [-0.25, -0.2) is 4.39 Å². The van der Waals surface area contributed by atoms with Crippen molar-refractivity contribution in [2.45, 2.75) is 13.8 Å². The topological polar surface area (TPSA) is 0 Å². The molecule has 1 rings (SSSR count). The Hall–Kier alpha value is -1.11. The lowest BCUT2D eigenvalue weighted by Crippen LogP contribution is -1.85. The zero-order valence-corrected chi connectivity index (χ0v) is 6.82. The van der Waals surface area contributed by atoms with E-state index in [1.807, 2.05) is 19.9 Å². The van der Waals surface area contributed by atoms with Gasteiger partial charge in [0.15, 0.2) is 0 Å². The standard InChI is InChI=1S/C10H11F/c1-7-5-4-6-10(11)9(3)8(7)2/h4-6H,3H2,1-2H3. The van der Waals surface area contributed by atoms with E-state index in [9.17, 15) is 4.39 Å². The Kier molecular flexibility index (Phi) is 2.08. The minimum absolute atomic E-state index is 0.240. The molecule has 0 unspecified atom stereocenters. The number of hydrogen-bond acceptors (Lipinski definition) is 0. The fraction of sp³-hybridized carbons (Fsp3) is 0.200. The summed E-state index contributed by atoms with van der Waals surface area (Å²) in [7, 11) is 0. The van der Waals surface area contributed by atoms with Crippen LogP contribution in [0, 0.1) is 0 Å². The zero-order valence-electron chi connectivity index (χ0n) is 6.82. The molecule has 0 fully saturated rings. The summed E-state index contributed by atoms with van der Waals surface area (Å²) < 4.78 is 12.9. The van der Waals surface area contributed by atoms with Gasteiger partial charge in [0.05, 0.1) is 0 Å². The lowest BCUT2D eigenvalue weighted by Gasteiger charge is -2.02. The molecule has 1 aliphatic rings. The van der Waals surface area contributed by atoms with E-state index in [1.54, 1.807) is 6.08 Å². The van der Waals surface area contributed by atoms with E-state index in [1.165, 1.54) is 6.08 Å². The fourth-order valence-corrected chi connectivity index (χ4v) is 0.920. The quantitative estimate of drug-likeness (QED) is 0.497. The summed E-state index contributed by atoms with van der Waals surface area (Å²) in [6.07, 6.45) is 5.02. The highest BCUT2D eigenvalue weighted by Crippen LogP contribution is 2.24. The van der Waals surface area contributed by atoms with Crippen LogP contribution in [0.3, 0.4) is 0 Å². The summed E-state index contributed by atoms with van der Waals surface area (Å²) in [6, 6.07) is 0. The van der Waals surface area contributed by atoms with Gasteiger partial charge in [0.25, 0.3) is 0 Å². The van der Waals surface area contributed by atoms with Gasteiger partial charge >= 0.3 is 0 Å². The van der Waals surface area contributed by atoms with Crippen molar-refractivity contribution in [3.8, 4) is 0 Å². The summed E-state index contributed by atoms with van der Waals surface area (Å²) in [5.41, 5.74) is 2.49. The molecule has 0 aromatic rings. The van der Waals surface area contributed by atoms with Gasteiger partial charge in [-0.1, -0.05) is 18.7 Å². The molecule has 0 amide bonds. The largest absolute Gasteiger partial charge is 0.206 e. The van der Waals surface area contributed by atoms with E-state index < -0.39 is 0 Å². The molecule has 0 saturated carbocycles. The SMILES string of the molecule is C=C1C(F)=CC=CC(C)=C1C. The van der Waals surface area contributed by atoms with Gasteiger partial charge in [-0.05, 0) is 31.1 Å². The molecule has 0 N–H and O–H groups in total. The van der Waals surface area contributed by atoms with Crippen molar-refractivity contribution in [1.82, 2.24) is 0 Å². The van der Waals surface area contributed by atoms with E-state index in [0.29, 0.717) is 5.57 Å². The lowest BCUT2D eigenvalue weighted by atomic mass is 10.0. The monoisotopic (exact) mass is 150 g/mol. The van der Waals surface area contributed by atoms with E-state index in [-0.39, 0.29) is 5.83 Å². The average molecular weight is 150 g/mol. The Morgan fingerprint density at radius 3 is 2.64 bits per heavy atom. The van der Waals surface area contributed by atoms with Crippen molar-refractivity contribution in [3.05, 3.63) is 47.4 Å². The molecule has 1 heteroatoms. The summed E-state index contributed by atoms with van der Waals surface area (Å²) in [6.45, 7) is 7.47. The van der Waals surface area contributed by atoms with Crippen LogP contribution in [-0.2, 0) is 0 Å². The third-order valence-corrected chi connectivity index (χ3v) is 1.92. The Morgan fingerprint density at radius 1 is 1.36 bits per heavy atom. The molecule has 0 heterocycles. The Labute approximate surface area is 66.4 Å². The first-order valence-corrected chi connectivity index (χ1v) is 3.54. The normalized spacial score (nSPS) is 18.5. The Morgan fingerprint density at radius 2 is 2.00 bits per heavy atom. The Balaban J connectivity index is 3.15. The van der Waals surface area contributed by atoms with E-state index in [2.05, 4.69) is 6.58 Å². The van der Waals surface area contributed by atoms with Crippen LogP contribution in [0.15, 0.2) is 47.4 Å². The maximum absolute atomic E-state index is 12.9. The van der Waals surface area contributed by atoms with Gasteiger partial charge in [-0.2, -0.15) is 0 Å². The van der Waals surface area contributed by atoms with Crippen molar-refractivity contribution >= 4 is 0 Å². The summed E-state index contributed by atoms with van der Waals surface area (Å²) in [4.78, 5) is 0. The Bertz CT molecular complexity index is 277. The predicted octanol–water partition coefficient (Wildman–Crippen LogP) is 3.30. The van der Waals surface area contributed by atoms with Crippen LogP contribution < -0.4 is 0 Å². The summed E-state index contributed by atoms with van der Waals surface area (Å²) >= 11 is 0. The summed E-state index contributed by atoms with van der Waals surface area (Å²) in [5, 5.41) is 0. The second-order valence-electron chi connectivity index (χ2n) is 2.66. The lowest BCUT2D eigenvalue weighted by molar-refractivity contribution is 0.655. The third-order valence-electron chi connectivity index (χ3n) is 1.92. The molecule has 0 atom stereocenters. The molecule has 58 valence electrons. The van der Waals surface area contributed by atoms with Gasteiger partial charge in [-0.15, -0.1) is 0 Å². The number of halogens is 1. The predicted molar refractivity (Wildman–Crippen MR) is 45.8 cm³/mol. The van der Waals surface area contributed by atoms with Gasteiger partial charge in [0.1, 0.15) is 5.83 Å². The number of hydrogen-bond donors (Lipinski definition) is 0. The maximum atomic E-state index is 12.9. The van der Waals surface area contributed by atoms with Crippen molar-refractivity contribution in [3.63, 3.8) is 0 Å². The van der Waals surface area contributed by atoms with Crippen molar-refractivity contribution in [2.75, 3.05) is 0 Å². The molecular weight excluding hydrogens is 139 g/mol. The molecular formula is C10H11F. The van der Waals surface area contributed by atoms with E-state index in [0.717, 1.165) is 11.1 Å². The van der Waals surface area contributed by atoms with Crippen molar-refractivity contribution in [1.29, 1.82) is 0 Å². The van der Waals surface area contributed by atoms with Crippen molar-refractivity contribution in [2.24, 2.45) is 0 Å². The molecule has 1 aliphatic carbocycles. The third kappa shape index (κ3) is 1.48. The van der Waals surface area contributed by atoms with Crippen LogP contribution >= 0.6 is 0 Å². The highest BCUT2D eigenvalue weighted by Gasteiger charge is 2.06. The molecule has 0 aromatic carbocycles. The van der Waals surface area contributed by atoms with Gasteiger partial charge in [0.2, 0.25) is 0 Å². The van der Waals surface area contributed by atoms with Crippen molar-refractivity contribution < 1.29 is 4.39 Å². The average Bonchev–Trinajstić information content (AvgIpc) is 2.07. The molecule has 0 saturated heterocycles. The molecule has 11 heavy (non-hydrogen) atoms. The molecule has 0 bridgehead atoms. The molecule has 0 nitrogen and oxygen atoms in total. The van der Waals surface area contributed by atoms with Gasteiger partial charge in [-0.3, -0.25) is 0 Å². The molecule has 0 aromatic heterocycles. The molecule has 0 spiro atoms. The van der Waals surface area contributed by atoms with Crippen LogP contribution in [-0.4, -0.2) is 0 Å². The second kappa shape index (κ2) is 2.87. The highest BCUT2D eigenvalue weighted by atomic mass is 19.1. The first-order chi connectivity index (χ1) is 5.13.